The fourth-order valence-electron chi connectivity index (χ4n) is 2.34. The summed E-state index contributed by atoms with van der Waals surface area (Å²) in [5, 5.41) is 3.37. The van der Waals surface area contributed by atoms with Gasteiger partial charge in [-0.25, -0.2) is 4.79 Å². The van der Waals surface area contributed by atoms with E-state index in [9.17, 15) is 9.59 Å². The van der Waals surface area contributed by atoms with E-state index in [2.05, 4.69) is 5.32 Å². The number of rotatable bonds is 7. The van der Waals surface area contributed by atoms with Crippen molar-refractivity contribution < 1.29 is 19.1 Å². The summed E-state index contributed by atoms with van der Waals surface area (Å²) in [6.45, 7) is 5.74. The number of halogens is 1. The van der Waals surface area contributed by atoms with Crippen LogP contribution < -0.4 is 10.1 Å². The number of aryl methyl sites for hydroxylation is 1. The first-order valence-electron chi connectivity index (χ1n) is 8.45. The van der Waals surface area contributed by atoms with Gasteiger partial charge in [0.2, 0.25) is 0 Å². The summed E-state index contributed by atoms with van der Waals surface area (Å²) >= 11 is 5.95. The second-order valence-corrected chi connectivity index (χ2v) is 6.15. The van der Waals surface area contributed by atoms with Crippen molar-refractivity contribution in [1.29, 1.82) is 0 Å². The molecule has 0 saturated carbocycles. The maximum atomic E-state index is 12.6. The summed E-state index contributed by atoms with van der Waals surface area (Å²) in [4.78, 5) is 24.5. The monoisotopic (exact) mass is 375 g/mol. The summed E-state index contributed by atoms with van der Waals surface area (Å²) in [5.74, 6) is -0.196. The standard InChI is InChI=1S/C20H22ClNO4/c1-4-18(26-16-8-6-7-15(21)12-16)19(23)22-17-11-14(10-9-13(17)3)20(24)25-5-2/h6-12,18H,4-5H2,1-3H3,(H,22,23)/t18-/m0/s1. The lowest BCUT2D eigenvalue weighted by Gasteiger charge is -2.18. The highest BCUT2D eigenvalue weighted by molar-refractivity contribution is 6.30. The Morgan fingerprint density at radius 1 is 1.15 bits per heavy atom. The van der Waals surface area contributed by atoms with Gasteiger partial charge in [0.15, 0.2) is 6.10 Å². The molecule has 26 heavy (non-hydrogen) atoms. The minimum Gasteiger partial charge on any atom is -0.481 e. The first-order valence-corrected chi connectivity index (χ1v) is 8.83. The predicted molar refractivity (Wildman–Crippen MR) is 102 cm³/mol. The first kappa shape index (κ1) is 19.8. The fourth-order valence-corrected chi connectivity index (χ4v) is 2.52. The van der Waals surface area contributed by atoms with Gasteiger partial charge in [0.05, 0.1) is 12.2 Å². The molecule has 5 nitrogen and oxygen atoms in total. The molecule has 0 radical (unpaired) electrons. The highest BCUT2D eigenvalue weighted by atomic mass is 35.5. The second-order valence-electron chi connectivity index (χ2n) is 5.71. The van der Waals surface area contributed by atoms with E-state index >= 15 is 0 Å². The molecule has 0 bridgehead atoms. The number of carbonyl (C=O) groups excluding carboxylic acids is 2. The molecule has 0 aliphatic carbocycles. The lowest BCUT2D eigenvalue weighted by molar-refractivity contribution is -0.122. The molecule has 1 amide bonds. The largest absolute Gasteiger partial charge is 0.481 e. The maximum Gasteiger partial charge on any atom is 0.338 e. The lowest BCUT2D eigenvalue weighted by Crippen LogP contribution is -2.32. The molecule has 2 rings (SSSR count). The van der Waals surface area contributed by atoms with Crippen LogP contribution in [0.4, 0.5) is 5.69 Å². The molecule has 2 aromatic rings. The third-order valence-corrected chi connectivity index (χ3v) is 3.98. The topological polar surface area (TPSA) is 64.6 Å². The molecule has 0 heterocycles. The van der Waals surface area contributed by atoms with Crippen molar-refractivity contribution in [2.75, 3.05) is 11.9 Å². The smallest absolute Gasteiger partial charge is 0.338 e. The van der Waals surface area contributed by atoms with Gasteiger partial charge in [-0.15, -0.1) is 0 Å². The Morgan fingerprint density at radius 2 is 1.92 bits per heavy atom. The number of anilines is 1. The van der Waals surface area contributed by atoms with Crippen molar-refractivity contribution in [2.24, 2.45) is 0 Å². The summed E-state index contributed by atoms with van der Waals surface area (Å²) in [6, 6.07) is 11.9. The maximum absolute atomic E-state index is 12.6. The van der Waals surface area contributed by atoms with Crippen LogP contribution in [0.25, 0.3) is 0 Å². The third kappa shape index (κ3) is 5.23. The van der Waals surface area contributed by atoms with Crippen LogP contribution in [0.3, 0.4) is 0 Å². The average molecular weight is 376 g/mol. The van der Waals surface area contributed by atoms with Gasteiger partial charge >= 0.3 is 5.97 Å². The van der Waals surface area contributed by atoms with E-state index < -0.39 is 12.1 Å². The predicted octanol–water partition coefficient (Wildman–Crippen LogP) is 4.62. The Hall–Kier alpha value is -2.53. The third-order valence-electron chi connectivity index (χ3n) is 3.74. The minimum atomic E-state index is -0.681. The molecular formula is C20H22ClNO4. The zero-order chi connectivity index (χ0) is 19.1. The molecule has 2 aromatic carbocycles. The van der Waals surface area contributed by atoms with E-state index in [1.165, 1.54) is 0 Å². The Labute approximate surface area is 158 Å². The summed E-state index contributed by atoms with van der Waals surface area (Å²) in [7, 11) is 0. The number of nitrogens with one attached hydrogen (secondary N) is 1. The van der Waals surface area contributed by atoms with Crippen molar-refractivity contribution in [3.05, 3.63) is 58.6 Å². The number of hydrogen-bond donors (Lipinski definition) is 1. The molecule has 0 unspecified atom stereocenters. The van der Waals surface area contributed by atoms with Crippen LogP contribution in [0.2, 0.25) is 5.02 Å². The van der Waals surface area contributed by atoms with E-state index in [-0.39, 0.29) is 5.91 Å². The zero-order valence-electron chi connectivity index (χ0n) is 15.0. The fraction of sp³-hybridized carbons (Fsp3) is 0.300. The Bertz CT molecular complexity index is 791. The van der Waals surface area contributed by atoms with Crippen LogP contribution in [-0.2, 0) is 9.53 Å². The molecule has 0 aromatic heterocycles. The van der Waals surface area contributed by atoms with Crippen LogP contribution in [0.15, 0.2) is 42.5 Å². The van der Waals surface area contributed by atoms with E-state index in [1.807, 2.05) is 13.8 Å². The van der Waals surface area contributed by atoms with E-state index in [0.29, 0.717) is 35.1 Å². The Kier molecular flexibility index (Phi) is 7.04. The number of esters is 1. The Balaban J connectivity index is 2.14. The zero-order valence-corrected chi connectivity index (χ0v) is 15.8. The molecular weight excluding hydrogens is 354 g/mol. The van der Waals surface area contributed by atoms with Gasteiger partial charge < -0.3 is 14.8 Å². The van der Waals surface area contributed by atoms with Gasteiger partial charge in [-0.05, 0) is 56.2 Å². The number of amides is 1. The Morgan fingerprint density at radius 3 is 2.58 bits per heavy atom. The molecule has 0 fully saturated rings. The minimum absolute atomic E-state index is 0.291. The van der Waals surface area contributed by atoms with Crippen LogP contribution >= 0.6 is 11.6 Å². The van der Waals surface area contributed by atoms with Gasteiger partial charge in [-0.2, -0.15) is 0 Å². The summed E-state index contributed by atoms with van der Waals surface area (Å²) < 4.78 is 10.7. The van der Waals surface area contributed by atoms with Crippen molar-refractivity contribution in [3.8, 4) is 5.75 Å². The van der Waals surface area contributed by atoms with Gasteiger partial charge in [0, 0.05) is 10.7 Å². The number of hydrogen-bond acceptors (Lipinski definition) is 4. The molecule has 0 saturated heterocycles. The summed E-state index contributed by atoms with van der Waals surface area (Å²) in [5.41, 5.74) is 1.77. The van der Waals surface area contributed by atoms with Crippen molar-refractivity contribution >= 4 is 29.2 Å². The SMILES string of the molecule is CCOC(=O)c1ccc(C)c(NC(=O)[C@H](CC)Oc2cccc(Cl)c2)c1. The first-order chi connectivity index (χ1) is 12.4. The molecule has 1 atom stereocenters. The average Bonchev–Trinajstić information content (AvgIpc) is 2.61. The molecule has 0 spiro atoms. The highest BCUT2D eigenvalue weighted by Crippen LogP contribution is 2.21. The van der Waals surface area contributed by atoms with Crippen LogP contribution in [-0.4, -0.2) is 24.6 Å². The van der Waals surface area contributed by atoms with Gasteiger partial charge in [0.1, 0.15) is 5.75 Å². The van der Waals surface area contributed by atoms with E-state index in [1.54, 1.807) is 49.4 Å². The normalized spacial score (nSPS) is 11.5. The van der Waals surface area contributed by atoms with Crippen molar-refractivity contribution in [2.45, 2.75) is 33.3 Å². The highest BCUT2D eigenvalue weighted by Gasteiger charge is 2.20. The van der Waals surface area contributed by atoms with Crippen molar-refractivity contribution in [1.82, 2.24) is 0 Å². The van der Waals surface area contributed by atoms with Crippen LogP contribution in [0.5, 0.6) is 5.75 Å². The van der Waals surface area contributed by atoms with Gasteiger partial charge in [0.25, 0.3) is 5.91 Å². The molecule has 0 aliphatic rings. The second kappa shape index (κ2) is 9.25. The number of benzene rings is 2. The molecule has 1 N–H and O–H groups in total. The summed E-state index contributed by atoms with van der Waals surface area (Å²) in [6.07, 6.45) is -0.200. The van der Waals surface area contributed by atoms with Crippen LogP contribution in [0.1, 0.15) is 36.2 Å². The van der Waals surface area contributed by atoms with Gasteiger partial charge in [-0.1, -0.05) is 30.7 Å². The van der Waals surface area contributed by atoms with Gasteiger partial charge in [-0.3, -0.25) is 4.79 Å². The lowest BCUT2D eigenvalue weighted by atomic mass is 10.1. The van der Waals surface area contributed by atoms with E-state index in [0.717, 1.165) is 5.56 Å². The number of carbonyl (C=O) groups is 2. The van der Waals surface area contributed by atoms with E-state index in [4.69, 9.17) is 21.1 Å². The molecule has 138 valence electrons. The number of ether oxygens (including phenoxy) is 2. The molecule has 0 aliphatic heterocycles. The quantitative estimate of drug-likeness (QED) is 0.717. The van der Waals surface area contributed by atoms with Crippen molar-refractivity contribution in [3.63, 3.8) is 0 Å². The molecule has 6 heteroatoms. The van der Waals surface area contributed by atoms with Crippen LogP contribution in [0, 0.1) is 6.92 Å².